The van der Waals surface area contributed by atoms with E-state index in [2.05, 4.69) is 59.1 Å². The number of unbranched alkanes of at least 4 members (excludes halogenated alkanes) is 1. The van der Waals surface area contributed by atoms with Gasteiger partial charge in [-0.05, 0) is 156 Å². The number of hydrogen-bond acceptors (Lipinski definition) is 30. The highest BCUT2D eigenvalue weighted by Crippen LogP contribution is 2.68. The molecule has 20 atom stereocenters. The van der Waals surface area contributed by atoms with Crippen molar-refractivity contribution in [3.05, 3.63) is 131 Å². The van der Waals surface area contributed by atoms with E-state index in [9.17, 15) is 58.5 Å². The van der Waals surface area contributed by atoms with Crippen LogP contribution in [0.4, 0.5) is 9.59 Å². The number of primary amides is 1. The number of aliphatic hydroxyl groups excluding tert-OH is 1. The molecule has 5 aromatic rings. The summed E-state index contributed by atoms with van der Waals surface area (Å²) in [6.45, 7) is 19.3. The quantitative estimate of drug-likeness (QED) is 0.00329. The van der Waals surface area contributed by atoms with Gasteiger partial charge in [0.25, 0.3) is 0 Å². The van der Waals surface area contributed by atoms with Crippen molar-refractivity contribution in [2.75, 3.05) is 65.2 Å². The van der Waals surface area contributed by atoms with Gasteiger partial charge < -0.3 is 112 Å². The Labute approximate surface area is 882 Å². The van der Waals surface area contributed by atoms with E-state index in [1.807, 2.05) is 53.7 Å². The molecule has 2 aromatic heterocycles. The number of nitrogens with one attached hydrogen (secondary N) is 10. The summed E-state index contributed by atoms with van der Waals surface area (Å²) in [5, 5.41) is 63.4. The summed E-state index contributed by atoms with van der Waals surface area (Å²) in [6, 6.07) is 13.7. The Morgan fingerprint density at radius 3 is 2.01 bits per heavy atom. The summed E-state index contributed by atoms with van der Waals surface area (Å²) in [5.74, 6) is -15.2. The van der Waals surface area contributed by atoms with Crippen LogP contribution in [-0.4, -0.2) is 273 Å². The van der Waals surface area contributed by atoms with Gasteiger partial charge in [0.05, 0.1) is 90.5 Å². The average molecular weight is 2120 g/mol. The molecule has 2 unspecified atom stereocenters. The Kier molecular flexibility index (Phi) is 42.1. The third-order valence-corrected chi connectivity index (χ3v) is 32.9. The summed E-state index contributed by atoms with van der Waals surface area (Å²) < 4.78 is 42.3. The summed E-state index contributed by atoms with van der Waals surface area (Å²) in [7, 11) is 5.50. The Balaban J connectivity index is 0.775. The van der Waals surface area contributed by atoms with Crippen LogP contribution in [-0.2, 0) is 120 Å². The van der Waals surface area contributed by atoms with Gasteiger partial charge in [-0.25, -0.2) is 19.4 Å². The summed E-state index contributed by atoms with van der Waals surface area (Å²) in [6.07, 6.45) is -4.00. The minimum atomic E-state index is -1.98. The number of nitrogens with two attached hydrogens (primary N) is 2. The maximum atomic E-state index is 15.6. The predicted molar refractivity (Wildman–Crippen MR) is 556 cm³/mol. The number of carbonyl (C=O) groups is 16. The monoisotopic (exact) mass is 2120 g/mol. The number of aliphatic hydroxyl groups is 2. The number of guanidine groups is 1. The molecule has 2 bridgehead atoms. The lowest BCUT2D eigenvalue weighted by Gasteiger charge is -2.69. The first-order valence-electron chi connectivity index (χ1n) is 51.8. The van der Waals surface area contributed by atoms with Gasteiger partial charge in [-0.3, -0.25) is 67.7 Å². The second-order valence-electron chi connectivity index (χ2n) is 42.9. The molecule has 8 amide bonds. The Bertz CT molecular complexity index is 5660. The summed E-state index contributed by atoms with van der Waals surface area (Å²) in [4.78, 5) is 242. The number of hydrogen-bond donors (Lipinski definition) is 15. The molecule has 3 aliphatic carbocycles. The number of aromatic nitrogens is 3. The van der Waals surface area contributed by atoms with E-state index in [1.165, 1.54) is 64.2 Å². The lowest BCUT2D eigenvalue weighted by molar-refractivity contribution is -0.305. The van der Waals surface area contributed by atoms with E-state index < -0.39 is 220 Å². The minimum Gasteiger partial charge on any atom is -0.508 e. The lowest BCUT2D eigenvalue weighted by Crippen LogP contribution is -2.75. The number of aromatic hydroxyl groups is 1. The van der Waals surface area contributed by atoms with Crippen molar-refractivity contribution in [2.45, 2.75) is 295 Å². The van der Waals surface area contributed by atoms with E-state index in [0.717, 1.165) is 0 Å². The number of likely N-dealkylation sites (tertiary alicyclic amines) is 1. The van der Waals surface area contributed by atoms with Crippen molar-refractivity contribution in [1.29, 1.82) is 5.41 Å². The molecule has 150 heavy (non-hydrogen) atoms. The van der Waals surface area contributed by atoms with Gasteiger partial charge in [0.2, 0.25) is 47.5 Å². The van der Waals surface area contributed by atoms with Gasteiger partial charge in [0, 0.05) is 168 Å². The second-order valence-corrected chi connectivity index (χ2v) is 45.6. The molecule has 2 saturated carbocycles. The maximum absolute atomic E-state index is 15.6. The molecule has 3 aliphatic heterocycles. The first-order valence-corrected chi connectivity index (χ1v) is 54.3. The number of phenols is 1. The van der Waals surface area contributed by atoms with Crippen LogP contribution < -0.4 is 48.7 Å². The molecule has 3 aromatic carbocycles. The van der Waals surface area contributed by atoms with Crippen LogP contribution in [0.15, 0.2) is 109 Å². The molecule has 3 saturated heterocycles. The van der Waals surface area contributed by atoms with Crippen molar-refractivity contribution < 1.29 is 125 Å². The van der Waals surface area contributed by atoms with Gasteiger partial charge in [0.15, 0.2) is 40.7 Å². The molecule has 11 rings (SSSR count). The number of ether oxygens (including phenoxy) is 7. The second kappa shape index (κ2) is 53.3. The molecule has 17 N–H and O–H groups in total. The van der Waals surface area contributed by atoms with Crippen LogP contribution in [0.3, 0.4) is 0 Å². The number of aromatic amines is 2. The molecular weight excluding hydrogens is 1970 g/mol. The number of amides is 8. The Morgan fingerprint density at radius 1 is 0.720 bits per heavy atom. The minimum absolute atomic E-state index is 0.00488. The number of ketones is 6. The maximum Gasteiger partial charge on any atom is 0.509 e. The van der Waals surface area contributed by atoms with Crippen molar-refractivity contribution in [1.82, 2.24) is 57.1 Å². The van der Waals surface area contributed by atoms with E-state index in [0.29, 0.717) is 70.3 Å². The number of para-hydroxylation sites is 1. The summed E-state index contributed by atoms with van der Waals surface area (Å²) >= 11 is 0. The van der Waals surface area contributed by atoms with Gasteiger partial charge in [-0.15, -0.1) is 0 Å². The fraction of sp³-hybridized carbons (Fsp3) is 0.611. The number of H-pyrrole nitrogens is 2. The third-order valence-electron chi connectivity index (χ3n) is 30.5. The van der Waals surface area contributed by atoms with Crippen molar-refractivity contribution in [3.63, 3.8) is 0 Å². The number of phenolic OH excluding ortho intramolecular Hbond substituents is 1. The van der Waals surface area contributed by atoms with Gasteiger partial charge in [0.1, 0.15) is 36.2 Å². The number of rotatable bonds is 56. The zero-order valence-electron chi connectivity index (χ0n) is 87.9. The van der Waals surface area contributed by atoms with Gasteiger partial charge in [-0.1, -0.05) is 130 Å². The van der Waals surface area contributed by atoms with E-state index in [-0.39, 0.29) is 188 Å². The van der Waals surface area contributed by atoms with Crippen LogP contribution in [0.1, 0.15) is 227 Å². The van der Waals surface area contributed by atoms with Crippen molar-refractivity contribution in [2.24, 2.45) is 69.1 Å². The molecule has 0 radical (unpaired) electrons. The van der Waals surface area contributed by atoms with Crippen molar-refractivity contribution >= 4 is 133 Å². The van der Waals surface area contributed by atoms with E-state index in [4.69, 9.17) is 50.0 Å². The molecule has 0 spiro atoms. The zero-order valence-corrected chi connectivity index (χ0v) is 89.6. The lowest BCUT2D eigenvalue weighted by atomic mass is 9.40. The zero-order chi connectivity index (χ0) is 109. The number of alkyl carbamates (subject to hydrolysis) is 1. The number of Topliss-reactive ketones (excluding diaryl/α,β-unsaturated/α-hetero) is 6. The smallest absolute Gasteiger partial charge is 0.508 e. The highest BCUT2D eigenvalue weighted by molar-refractivity contribution is 8.76. The number of methoxy groups -OCH3 is 2. The van der Waals surface area contributed by atoms with E-state index in [1.54, 1.807) is 89.7 Å². The molecule has 40 nitrogen and oxygen atoms in total. The normalized spacial score (nSPS) is 23.6. The SMILES string of the molecule is CO[C@H]1C(=O)[C@]2(C)[C@@H](OC)C[C@H]3OC[C@@]3(C)[C@H]2[C@H](C)[C@]2(O)CC(OC(=O)C(OC(=O)OCCSSCCC(=O)NCCCC[C@@H](CC(=O)[C@H](Cc3ccc(O)cc3)NC(=O)[C@H](CO)CC(=O)[C@H](Cc3c[nH]c4ccccc34)NC(=O)[C@@H](CC(=O)[C@@H]3CCC(=O)N3)Cc3c[nH]cn3)C(=O)N[C@@H](CC(C)C)C(=O)C[C@@H](CCCNC(=N)N)C(=O)N3CCC[C@H]3C(=O)CCC(N)=O)[C@@H](NC(=O)OC(C)(C)C)c3ccccc3)C(C)=C1C2(C)C. The number of carbonyl (C=O) groups excluding carboxylic acids is 16. The highest BCUT2D eigenvalue weighted by Gasteiger charge is 2.74. The molecule has 42 heteroatoms. The van der Waals surface area contributed by atoms with Crippen molar-refractivity contribution in [3.8, 4) is 5.75 Å². The Hall–Kier alpha value is -12.0. The van der Waals surface area contributed by atoms with Crippen LogP contribution >= 0.6 is 21.6 Å². The molecule has 820 valence electrons. The Morgan fingerprint density at radius 2 is 1.37 bits per heavy atom. The number of esters is 1. The average Bonchev–Trinajstić information content (AvgIpc) is 1.05. The van der Waals surface area contributed by atoms with Crippen LogP contribution in [0.5, 0.6) is 5.75 Å². The summed E-state index contributed by atoms with van der Waals surface area (Å²) in [5.41, 5.74) is 8.59. The first kappa shape index (κ1) is 118. The van der Waals surface area contributed by atoms with Crippen LogP contribution in [0.2, 0.25) is 0 Å². The van der Waals surface area contributed by atoms with E-state index >= 15 is 33.6 Å². The largest absolute Gasteiger partial charge is 0.509 e. The number of fused-ring (bicyclic) bond motifs is 6. The number of imidazole rings is 1. The molecule has 5 heterocycles. The fourth-order valence-electron chi connectivity index (χ4n) is 22.6. The number of benzene rings is 3. The predicted octanol–water partition coefficient (Wildman–Crippen LogP) is 8.70. The highest BCUT2D eigenvalue weighted by atomic mass is 33.1. The van der Waals surface area contributed by atoms with Crippen LogP contribution in [0.25, 0.3) is 10.9 Å². The molecular formula is C108H150N14O26S2. The van der Waals surface area contributed by atoms with Crippen LogP contribution in [0, 0.1) is 63.1 Å². The fourth-order valence-corrected chi connectivity index (χ4v) is 24.4. The topological polar surface area (TPSA) is 606 Å². The molecule has 5 fully saturated rings. The van der Waals surface area contributed by atoms with Gasteiger partial charge >= 0.3 is 18.2 Å². The first-order chi connectivity index (χ1) is 71.1. The standard InChI is InChI=1S/C108H150N14O26S2/c1-60(2)45-75(82(128)50-66(26-21-40-114-101(110)111)99(137)122-41-22-29-78(122)79(125)35-36-87(109)130)118-96(134)65(49-81(127)76(46-63-30-32-71(124)33-31-63)119-98(136)69(57-123)52-83(129)77(48-68-55-115-73-28-18-17-27-72(68)73)120-97(135)67(47-70-56-112-59-116-70)51-80(126)74-34-37-89(132)117-74)25-19-20-39-113-88(131)38-43-149-150-44-42-144-103(140)147-93(91(64-23-15-14-16-24-64)121-102(139)148-104(5,6)7)100(138)146-84-54-108(141)62(4)94-106(10)58-145-85(106)53-86(142-12)107(94,11)95(133)92(143-13)90(61(84)3)105(108,8)9/h14-18,23-24,27-28,30-33,55-56,59-60,62,65-67,69,74-78,84-86,91-94,115,123-124,141H,19-22,25-26,29,34-54,57-58H2,1-13H3,(H2,109,130)(H,112,116)(H,113,131)(H,117,132)(H,118,134)(H,119,136)(H,120,135)(H,121,139)(H4,110,111,114)/t62-,65-,66+,67+,69-,74-,75-,76-,77-,78-,84?,85+,86-,91-,92+,93?,94+,106+,107+,108+/m0/s1. The van der Waals surface area contributed by atoms with Gasteiger partial charge in [-0.2, -0.15) is 0 Å². The number of nitrogens with zero attached hydrogens (tertiary/aromatic N) is 2. The molecule has 6 aliphatic rings. The third kappa shape index (κ3) is 30.1.